The molecule has 1 fully saturated rings. The normalized spacial score (nSPS) is 17.4. The fraction of sp³-hybridized carbons (Fsp3) is 0.455. The molecule has 0 atom stereocenters. The molecule has 1 aliphatic rings. The highest BCUT2D eigenvalue weighted by atomic mass is 32.2. The SMILES string of the molecule is O=S(=O)(c1c(F)c(F)c(F)c(F)c1F)N1CCCCC1. The van der Waals surface area contributed by atoms with Gasteiger partial charge in [-0.15, -0.1) is 0 Å². The minimum absolute atomic E-state index is 0.0121. The van der Waals surface area contributed by atoms with E-state index in [0.29, 0.717) is 12.8 Å². The number of nitrogens with zero attached hydrogens (tertiary/aromatic N) is 1. The van der Waals surface area contributed by atoms with E-state index in [1.54, 1.807) is 0 Å². The lowest BCUT2D eigenvalue weighted by atomic mass is 10.2. The van der Waals surface area contributed by atoms with Gasteiger partial charge in [0, 0.05) is 13.1 Å². The summed E-state index contributed by atoms with van der Waals surface area (Å²) < 4.78 is 90.9. The van der Waals surface area contributed by atoms with Crippen LogP contribution >= 0.6 is 0 Å². The quantitative estimate of drug-likeness (QED) is 0.478. The van der Waals surface area contributed by atoms with E-state index in [4.69, 9.17) is 0 Å². The molecule has 0 saturated carbocycles. The summed E-state index contributed by atoms with van der Waals surface area (Å²) in [7, 11) is -4.75. The van der Waals surface area contributed by atoms with Crippen LogP contribution in [0.25, 0.3) is 0 Å². The molecule has 2 rings (SSSR count). The van der Waals surface area contributed by atoms with Gasteiger partial charge in [0.25, 0.3) is 0 Å². The molecule has 9 heteroatoms. The second-order valence-corrected chi connectivity index (χ2v) is 6.24. The predicted molar refractivity (Wildman–Crippen MR) is 58.8 cm³/mol. The number of sulfonamides is 1. The number of rotatable bonds is 2. The third-order valence-electron chi connectivity index (χ3n) is 3.08. The topological polar surface area (TPSA) is 37.4 Å². The van der Waals surface area contributed by atoms with Gasteiger partial charge in [0.2, 0.25) is 15.8 Å². The Kier molecular flexibility index (Phi) is 4.01. The van der Waals surface area contributed by atoms with E-state index in [1.807, 2.05) is 0 Å². The van der Waals surface area contributed by atoms with Crippen LogP contribution in [-0.4, -0.2) is 25.8 Å². The zero-order valence-corrected chi connectivity index (χ0v) is 10.9. The Morgan fingerprint density at radius 1 is 0.700 bits per heavy atom. The summed E-state index contributed by atoms with van der Waals surface area (Å²) in [6.45, 7) is -0.0242. The van der Waals surface area contributed by atoms with Gasteiger partial charge in [0.15, 0.2) is 28.2 Å². The molecule has 0 unspecified atom stereocenters. The number of piperidine rings is 1. The van der Waals surface area contributed by atoms with E-state index in [9.17, 15) is 30.4 Å². The Labute approximate surface area is 112 Å². The van der Waals surface area contributed by atoms with E-state index in [-0.39, 0.29) is 13.1 Å². The summed E-state index contributed by atoms with van der Waals surface area (Å²) in [5.74, 6) is -11.6. The van der Waals surface area contributed by atoms with Crippen molar-refractivity contribution in [2.75, 3.05) is 13.1 Å². The molecule has 1 aliphatic heterocycles. The predicted octanol–water partition coefficient (Wildman–Crippen LogP) is 2.56. The molecular weight excluding hydrogens is 305 g/mol. The molecule has 3 nitrogen and oxygen atoms in total. The van der Waals surface area contributed by atoms with E-state index < -0.39 is 44.0 Å². The molecule has 112 valence electrons. The van der Waals surface area contributed by atoms with Gasteiger partial charge in [0.1, 0.15) is 0 Å². The van der Waals surface area contributed by atoms with Crippen molar-refractivity contribution in [1.29, 1.82) is 0 Å². The van der Waals surface area contributed by atoms with Crippen LogP contribution < -0.4 is 0 Å². The van der Waals surface area contributed by atoms with Crippen LogP contribution in [0.1, 0.15) is 19.3 Å². The fourth-order valence-corrected chi connectivity index (χ4v) is 3.67. The molecule has 0 N–H and O–H groups in total. The van der Waals surface area contributed by atoms with Crippen LogP contribution in [0.4, 0.5) is 22.0 Å². The lowest BCUT2D eigenvalue weighted by molar-refractivity contribution is 0.329. The minimum atomic E-state index is -4.75. The van der Waals surface area contributed by atoms with Gasteiger partial charge in [-0.1, -0.05) is 6.42 Å². The summed E-state index contributed by atoms with van der Waals surface area (Å²) in [4.78, 5) is -1.78. The second-order valence-electron chi connectivity index (χ2n) is 4.36. The highest BCUT2D eigenvalue weighted by Crippen LogP contribution is 2.30. The smallest absolute Gasteiger partial charge is 0.207 e. The average molecular weight is 315 g/mol. The lowest BCUT2D eigenvalue weighted by Crippen LogP contribution is -2.37. The number of hydrogen-bond donors (Lipinski definition) is 0. The van der Waals surface area contributed by atoms with Crippen LogP contribution in [0.3, 0.4) is 0 Å². The second kappa shape index (κ2) is 5.28. The standard InChI is InChI=1S/C11H10F5NO2S/c12-6-7(13)9(15)11(10(16)8(6)14)20(18,19)17-4-2-1-3-5-17/h1-5H2. The maximum Gasteiger partial charge on any atom is 0.249 e. The summed E-state index contributed by atoms with van der Waals surface area (Å²) >= 11 is 0. The van der Waals surface area contributed by atoms with Crippen molar-refractivity contribution in [2.24, 2.45) is 0 Å². The average Bonchev–Trinajstić information content (AvgIpc) is 2.44. The van der Waals surface area contributed by atoms with Crippen molar-refractivity contribution in [2.45, 2.75) is 24.2 Å². The summed E-state index contributed by atoms with van der Waals surface area (Å²) in [5, 5.41) is 0. The first-order valence-corrected chi connectivity index (χ1v) is 7.24. The molecule has 0 radical (unpaired) electrons. The molecule has 1 heterocycles. The van der Waals surface area contributed by atoms with Crippen molar-refractivity contribution in [1.82, 2.24) is 4.31 Å². The fourth-order valence-electron chi connectivity index (χ4n) is 2.05. The summed E-state index contributed by atoms with van der Waals surface area (Å²) in [6.07, 6.45) is 1.67. The molecule has 0 amide bonds. The van der Waals surface area contributed by atoms with E-state index in [2.05, 4.69) is 0 Å². The molecule has 1 saturated heterocycles. The lowest BCUT2D eigenvalue weighted by Gasteiger charge is -2.26. The van der Waals surface area contributed by atoms with Crippen LogP contribution in [0.5, 0.6) is 0 Å². The number of benzene rings is 1. The van der Waals surface area contributed by atoms with E-state index >= 15 is 0 Å². The van der Waals surface area contributed by atoms with Gasteiger partial charge in [0.05, 0.1) is 0 Å². The highest BCUT2D eigenvalue weighted by molar-refractivity contribution is 7.89. The van der Waals surface area contributed by atoms with E-state index in [1.165, 1.54) is 0 Å². The first-order chi connectivity index (χ1) is 9.28. The number of halogens is 5. The molecule has 0 aliphatic carbocycles. The van der Waals surface area contributed by atoms with Gasteiger partial charge in [-0.3, -0.25) is 0 Å². The van der Waals surface area contributed by atoms with Crippen LogP contribution in [0, 0.1) is 29.1 Å². The largest absolute Gasteiger partial charge is 0.249 e. The first kappa shape index (κ1) is 15.2. The molecule has 20 heavy (non-hydrogen) atoms. The van der Waals surface area contributed by atoms with Gasteiger partial charge < -0.3 is 0 Å². The maximum absolute atomic E-state index is 13.5. The van der Waals surface area contributed by atoms with Crippen LogP contribution in [0.15, 0.2) is 4.90 Å². The monoisotopic (exact) mass is 315 g/mol. The van der Waals surface area contributed by atoms with Crippen LogP contribution in [-0.2, 0) is 10.0 Å². The maximum atomic E-state index is 13.5. The zero-order chi connectivity index (χ0) is 15.1. The Morgan fingerprint density at radius 3 is 1.55 bits per heavy atom. The zero-order valence-electron chi connectivity index (χ0n) is 10.1. The Hall–Kier alpha value is -1.22. The third kappa shape index (κ3) is 2.28. The van der Waals surface area contributed by atoms with Crippen molar-refractivity contribution in [3.8, 4) is 0 Å². The molecule has 0 aromatic heterocycles. The summed E-state index contributed by atoms with van der Waals surface area (Å²) in [6, 6.07) is 0. The number of hydrogen-bond acceptors (Lipinski definition) is 2. The van der Waals surface area contributed by atoms with Crippen molar-refractivity contribution in [3.05, 3.63) is 29.1 Å². The van der Waals surface area contributed by atoms with Crippen molar-refractivity contribution >= 4 is 10.0 Å². The van der Waals surface area contributed by atoms with Crippen LogP contribution in [0.2, 0.25) is 0 Å². The Morgan fingerprint density at radius 2 is 1.10 bits per heavy atom. The molecule has 1 aromatic rings. The first-order valence-electron chi connectivity index (χ1n) is 5.80. The van der Waals surface area contributed by atoms with Crippen molar-refractivity contribution < 1.29 is 30.4 Å². The van der Waals surface area contributed by atoms with Gasteiger partial charge >= 0.3 is 0 Å². The molecule has 1 aromatic carbocycles. The van der Waals surface area contributed by atoms with E-state index in [0.717, 1.165) is 10.7 Å². The van der Waals surface area contributed by atoms with Crippen molar-refractivity contribution in [3.63, 3.8) is 0 Å². The highest BCUT2D eigenvalue weighted by Gasteiger charge is 2.37. The van der Waals surface area contributed by atoms with Gasteiger partial charge in [-0.05, 0) is 12.8 Å². The molecular formula is C11H10F5NO2S. The Balaban J connectivity index is 2.63. The molecule has 0 bridgehead atoms. The minimum Gasteiger partial charge on any atom is -0.207 e. The van der Waals surface area contributed by atoms with Gasteiger partial charge in [-0.25, -0.2) is 30.4 Å². The molecule has 0 spiro atoms. The third-order valence-corrected chi connectivity index (χ3v) is 5.00. The Bertz CT molecular complexity index is 612. The summed E-state index contributed by atoms with van der Waals surface area (Å²) in [5.41, 5.74) is 0. The van der Waals surface area contributed by atoms with Gasteiger partial charge in [-0.2, -0.15) is 4.31 Å².